The van der Waals surface area contributed by atoms with Crippen LogP contribution in [0.4, 0.5) is 0 Å². The molecule has 0 aliphatic heterocycles. The Morgan fingerprint density at radius 2 is 2.23 bits per heavy atom. The molecule has 1 aromatic heterocycles. The number of H-pyrrole nitrogens is 1. The second-order valence-electron chi connectivity index (χ2n) is 6.99. The highest BCUT2D eigenvalue weighted by molar-refractivity contribution is 5.97. The summed E-state index contributed by atoms with van der Waals surface area (Å²) < 4.78 is 5.16. The SMILES string of the molecule is CC1CCc2[nH]c3ccc(C(=O)OCC(=O)N(C)CCC#N)cc3c2C1. The number of amides is 1. The van der Waals surface area contributed by atoms with Crippen molar-refractivity contribution in [1.82, 2.24) is 9.88 Å². The highest BCUT2D eigenvalue weighted by atomic mass is 16.5. The van der Waals surface area contributed by atoms with Gasteiger partial charge in [0.2, 0.25) is 0 Å². The van der Waals surface area contributed by atoms with Gasteiger partial charge in [0, 0.05) is 30.2 Å². The molecule has 6 nitrogen and oxygen atoms in total. The van der Waals surface area contributed by atoms with Crippen LogP contribution >= 0.6 is 0 Å². The molecule has 0 saturated carbocycles. The molecule has 1 aliphatic carbocycles. The second kappa shape index (κ2) is 7.61. The van der Waals surface area contributed by atoms with Gasteiger partial charge in [0.25, 0.3) is 5.91 Å². The number of fused-ring (bicyclic) bond motifs is 3. The maximum atomic E-state index is 12.3. The summed E-state index contributed by atoms with van der Waals surface area (Å²) >= 11 is 0. The maximum Gasteiger partial charge on any atom is 0.338 e. The molecule has 1 heterocycles. The number of likely N-dealkylation sites (N-methyl/N-ethyl adjacent to an activating group) is 1. The molecule has 3 rings (SSSR count). The minimum atomic E-state index is -0.507. The first-order chi connectivity index (χ1) is 12.5. The third-order valence-corrected chi connectivity index (χ3v) is 4.98. The van der Waals surface area contributed by atoms with Gasteiger partial charge in [-0.3, -0.25) is 4.79 Å². The molecule has 26 heavy (non-hydrogen) atoms. The quantitative estimate of drug-likeness (QED) is 0.838. The number of benzene rings is 1. The van der Waals surface area contributed by atoms with E-state index in [0.717, 1.165) is 23.7 Å². The number of carbonyl (C=O) groups is 2. The van der Waals surface area contributed by atoms with Gasteiger partial charge in [-0.1, -0.05) is 6.92 Å². The van der Waals surface area contributed by atoms with Crippen LogP contribution in [0.3, 0.4) is 0 Å². The van der Waals surface area contributed by atoms with Gasteiger partial charge in [-0.2, -0.15) is 5.26 Å². The zero-order chi connectivity index (χ0) is 18.7. The number of rotatable bonds is 5. The fraction of sp³-hybridized carbons (Fsp3) is 0.450. The van der Waals surface area contributed by atoms with E-state index in [0.29, 0.717) is 18.0 Å². The summed E-state index contributed by atoms with van der Waals surface area (Å²) in [6.07, 6.45) is 3.48. The number of aryl methyl sites for hydroxylation is 1. The van der Waals surface area contributed by atoms with E-state index in [2.05, 4.69) is 11.9 Å². The summed E-state index contributed by atoms with van der Waals surface area (Å²) in [7, 11) is 1.59. The Bertz CT molecular complexity index is 878. The average Bonchev–Trinajstić information content (AvgIpc) is 3.00. The molecule has 0 fully saturated rings. The molecule has 1 atom stereocenters. The second-order valence-corrected chi connectivity index (χ2v) is 6.99. The van der Waals surface area contributed by atoms with Crippen LogP contribution in [0.15, 0.2) is 18.2 Å². The number of nitrogens with one attached hydrogen (secondary N) is 1. The van der Waals surface area contributed by atoms with E-state index in [9.17, 15) is 9.59 Å². The fourth-order valence-corrected chi connectivity index (χ4v) is 3.38. The van der Waals surface area contributed by atoms with E-state index in [-0.39, 0.29) is 18.9 Å². The van der Waals surface area contributed by atoms with E-state index in [1.807, 2.05) is 18.2 Å². The first-order valence-corrected chi connectivity index (χ1v) is 8.91. The van der Waals surface area contributed by atoms with Crippen LogP contribution in [0.5, 0.6) is 0 Å². The summed E-state index contributed by atoms with van der Waals surface area (Å²) in [5.41, 5.74) is 4.04. The standard InChI is InChI=1S/C20H23N3O3/c1-13-4-6-17-15(10-13)16-11-14(5-7-18(16)22-17)20(25)26-12-19(24)23(2)9-3-8-21/h5,7,11,13,22H,3-4,6,9-10,12H2,1-2H3. The highest BCUT2D eigenvalue weighted by Gasteiger charge is 2.21. The molecule has 0 bridgehead atoms. The van der Waals surface area contributed by atoms with Crippen LogP contribution in [0, 0.1) is 17.2 Å². The first-order valence-electron chi connectivity index (χ1n) is 8.91. The third-order valence-electron chi connectivity index (χ3n) is 4.98. The first kappa shape index (κ1) is 18.0. The number of nitriles is 1. The van der Waals surface area contributed by atoms with Gasteiger partial charge in [0.15, 0.2) is 6.61 Å². The zero-order valence-corrected chi connectivity index (χ0v) is 15.2. The van der Waals surface area contributed by atoms with E-state index in [4.69, 9.17) is 10.00 Å². The lowest BCUT2D eigenvalue weighted by Crippen LogP contribution is -2.31. The Kier molecular flexibility index (Phi) is 5.27. The maximum absolute atomic E-state index is 12.3. The summed E-state index contributed by atoms with van der Waals surface area (Å²) in [6.45, 7) is 2.25. The highest BCUT2D eigenvalue weighted by Crippen LogP contribution is 2.32. The monoisotopic (exact) mass is 353 g/mol. The zero-order valence-electron chi connectivity index (χ0n) is 15.2. The topological polar surface area (TPSA) is 86.2 Å². The van der Waals surface area contributed by atoms with Gasteiger partial charge in [-0.05, 0) is 48.9 Å². The van der Waals surface area contributed by atoms with Crippen LogP contribution in [-0.2, 0) is 22.4 Å². The van der Waals surface area contributed by atoms with Crippen molar-refractivity contribution in [2.75, 3.05) is 20.2 Å². The molecular formula is C20H23N3O3. The van der Waals surface area contributed by atoms with Crippen LogP contribution in [0.2, 0.25) is 0 Å². The van der Waals surface area contributed by atoms with Crippen molar-refractivity contribution in [2.24, 2.45) is 5.92 Å². The summed E-state index contributed by atoms with van der Waals surface area (Å²) in [4.78, 5) is 29.1. The molecule has 0 radical (unpaired) electrons. The molecule has 1 amide bonds. The number of hydrogen-bond acceptors (Lipinski definition) is 4. The molecule has 136 valence electrons. The van der Waals surface area contributed by atoms with Crippen molar-refractivity contribution in [2.45, 2.75) is 32.6 Å². The van der Waals surface area contributed by atoms with Gasteiger partial charge in [0.05, 0.1) is 18.1 Å². The lowest BCUT2D eigenvalue weighted by molar-refractivity contribution is -0.133. The predicted octanol–water partition coefficient (Wildman–Crippen LogP) is 2.82. The number of carbonyl (C=O) groups excluding carboxylic acids is 2. The predicted molar refractivity (Wildman–Crippen MR) is 97.6 cm³/mol. The number of aromatic amines is 1. The minimum absolute atomic E-state index is 0.254. The largest absolute Gasteiger partial charge is 0.452 e. The van der Waals surface area contributed by atoms with E-state index in [1.54, 1.807) is 13.1 Å². The Labute approximate surface area is 152 Å². The number of nitrogens with zero attached hydrogens (tertiary/aromatic N) is 2. The molecule has 0 spiro atoms. The average molecular weight is 353 g/mol. The smallest absolute Gasteiger partial charge is 0.338 e. The lowest BCUT2D eigenvalue weighted by atomic mass is 9.87. The minimum Gasteiger partial charge on any atom is -0.452 e. The normalized spacial score (nSPS) is 16.0. The fourth-order valence-electron chi connectivity index (χ4n) is 3.38. The van der Waals surface area contributed by atoms with Crippen molar-refractivity contribution in [3.8, 4) is 6.07 Å². The summed E-state index contributed by atoms with van der Waals surface area (Å²) in [5, 5.41) is 9.63. The molecule has 1 aromatic carbocycles. The van der Waals surface area contributed by atoms with Crippen molar-refractivity contribution >= 4 is 22.8 Å². The Balaban J connectivity index is 1.70. The summed E-state index contributed by atoms with van der Waals surface area (Å²) in [6, 6.07) is 7.46. The van der Waals surface area contributed by atoms with E-state index in [1.165, 1.54) is 22.6 Å². The van der Waals surface area contributed by atoms with Crippen molar-refractivity contribution in [3.63, 3.8) is 0 Å². The molecule has 1 unspecified atom stereocenters. The molecule has 1 N–H and O–H groups in total. The Hall–Kier alpha value is -2.81. The summed E-state index contributed by atoms with van der Waals surface area (Å²) in [5.74, 6) is -0.186. The van der Waals surface area contributed by atoms with Crippen LogP contribution < -0.4 is 0 Å². The van der Waals surface area contributed by atoms with Crippen LogP contribution in [0.1, 0.15) is 41.4 Å². The molecule has 6 heteroatoms. The van der Waals surface area contributed by atoms with Crippen LogP contribution in [0.25, 0.3) is 10.9 Å². The third kappa shape index (κ3) is 3.72. The van der Waals surface area contributed by atoms with E-state index < -0.39 is 5.97 Å². The van der Waals surface area contributed by atoms with Crippen LogP contribution in [-0.4, -0.2) is 42.0 Å². The van der Waals surface area contributed by atoms with Crippen molar-refractivity contribution < 1.29 is 14.3 Å². The van der Waals surface area contributed by atoms with Crippen molar-refractivity contribution in [3.05, 3.63) is 35.0 Å². The molecule has 1 aliphatic rings. The number of aromatic nitrogens is 1. The van der Waals surface area contributed by atoms with Gasteiger partial charge in [0.1, 0.15) is 0 Å². The number of ether oxygens (including phenoxy) is 1. The molecule has 0 saturated heterocycles. The lowest BCUT2D eigenvalue weighted by Gasteiger charge is -2.18. The Morgan fingerprint density at radius 1 is 1.42 bits per heavy atom. The van der Waals surface area contributed by atoms with Gasteiger partial charge >= 0.3 is 5.97 Å². The number of hydrogen-bond donors (Lipinski definition) is 1. The van der Waals surface area contributed by atoms with Crippen molar-refractivity contribution in [1.29, 1.82) is 5.26 Å². The van der Waals surface area contributed by atoms with Gasteiger partial charge < -0.3 is 14.6 Å². The van der Waals surface area contributed by atoms with E-state index >= 15 is 0 Å². The van der Waals surface area contributed by atoms with Gasteiger partial charge in [-0.25, -0.2) is 4.79 Å². The van der Waals surface area contributed by atoms with Gasteiger partial charge in [-0.15, -0.1) is 0 Å². The Morgan fingerprint density at radius 3 is 3.00 bits per heavy atom. The number of esters is 1. The molecular weight excluding hydrogens is 330 g/mol. The molecule has 2 aromatic rings.